The van der Waals surface area contributed by atoms with Gasteiger partial charge in [0.1, 0.15) is 11.2 Å². The minimum atomic E-state index is -0.296. The van der Waals surface area contributed by atoms with Crippen LogP contribution in [0.3, 0.4) is 0 Å². The Morgan fingerprint density at radius 1 is 1.21 bits per heavy atom. The van der Waals surface area contributed by atoms with Crippen molar-refractivity contribution in [1.29, 1.82) is 0 Å². The average Bonchev–Trinajstić information content (AvgIpc) is 3.11. The zero-order valence-electron chi connectivity index (χ0n) is 16.0. The molecular formula is C22H21N3O3S. The Morgan fingerprint density at radius 2 is 2.03 bits per heavy atom. The number of carbonyl (C=O) groups excluding carboxylic acids is 2. The number of nitrogens with zero attached hydrogens (tertiary/aromatic N) is 1. The van der Waals surface area contributed by atoms with Crippen LogP contribution in [0.2, 0.25) is 0 Å². The van der Waals surface area contributed by atoms with E-state index in [0.29, 0.717) is 26.1 Å². The van der Waals surface area contributed by atoms with Crippen molar-refractivity contribution < 1.29 is 14.3 Å². The highest BCUT2D eigenvalue weighted by Crippen LogP contribution is 2.41. The Bertz CT molecular complexity index is 1120. The molecule has 7 heteroatoms. The van der Waals surface area contributed by atoms with E-state index in [9.17, 15) is 9.59 Å². The summed E-state index contributed by atoms with van der Waals surface area (Å²) in [7, 11) is 0. The fourth-order valence-corrected chi connectivity index (χ4v) is 5.43. The van der Waals surface area contributed by atoms with Gasteiger partial charge in [0.2, 0.25) is 0 Å². The summed E-state index contributed by atoms with van der Waals surface area (Å²) in [6.07, 6.45) is 0.0755. The van der Waals surface area contributed by atoms with Gasteiger partial charge in [-0.2, -0.15) is 0 Å². The van der Waals surface area contributed by atoms with E-state index in [0.717, 1.165) is 37.3 Å². The quantitative estimate of drug-likeness (QED) is 0.666. The molecule has 0 radical (unpaired) electrons. The van der Waals surface area contributed by atoms with Crippen molar-refractivity contribution in [2.24, 2.45) is 0 Å². The summed E-state index contributed by atoms with van der Waals surface area (Å²) in [4.78, 5) is 27.9. The summed E-state index contributed by atoms with van der Waals surface area (Å²) in [5.74, 6) is -0.0567. The second kappa shape index (κ2) is 7.08. The first-order valence-electron chi connectivity index (χ1n) is 9.77. The number of rotatable bonds is 2. The molecule has 29 heavy (non-hydrogen) atoms. The van der Waals surface area contributed by atoms with Crippen LogP contribution in [0.15, 0.2) is 42.5 Å². The van der Waals surface area contributed by atoms with E-state index in [1.54, 1.807) is 23.2 Å². The highest BCUT2D eigenvalue weighted by Gasteiger charge is 2.34. The summed E-state index contributed by atoms with van der Waals surface area (Å²) in [5.41, 5.74) is 2.82. The molecule has 0 unspecified atom stereocenters. The second-order valence-corrected chi connectivity index (χ2v) is 8.30. The first kappa shape index (κ1) is 18.0. The molecule has 2 aliphatic heterocycles. The van der Waals surface area contributed by atoms with Crippen molar-refractivity contribution in [2.45, 2.75) is 26.1 Å². The topological polar surface area (TPSA) is 70.7 Å². The third-order valence-corrected chi connectivity index (χ3v) is 6.64. The van der Waals surface area contributed by atoms with E-state index in [4.69, 9.17) is 4.74 Å². The highest BCUT2D eigenvalue weighted by molar-refractivity contribution is 7.16. The van der Waals surface area contributed by atoms with Crippen molar-refractivity contribution in [1.82, 2.24) is 10.2 Å². The van der Waals surface area contributed by atoms with Crippen LogP contribution in [0, 0.1) is 0 Å². The number of ether oxygens (including phenoxy) is 1. The molecule has 0 spiro atoms. The minimum Gasteiger partial charge on any atom is -0.450 e. The van der Waals surface area contributed by atoms with Crippen LogP contribution in [0.4, 0.5) is 9.80 Å². The molecule has 1 atom stereocenters. The Balaban J connectivity index is 1.47. The van der Waals surface area contributed by atoms with Crippen LogP contribution >= 0.6 is 11.3 Å². The molecule has 148 valence electrons. The van der Waals surface area contributed by atoms with Gasteiger partial charge in [0.15, 0.2) is 0 Å². The van der Waals surface area contributed by atoms with Crippen LogP contribution < -0.4 is 10.6 Å². The van der Waals surface area contributed by atoms with Gasteiger partial charge in [-0.3, -0.25) is 4.79 Å². The van der Waals surface area contributed by atoms with E-state index in [-0.39, 0.29) is 18.2 Å². The predicted octanol–water partition coefficient (Wildman–Crippen LogP) is 4.27. The molecule has 2 aliphatic rings. The molecule has 0 bridgehead atoms. The Hall–Kier alpha value is -3.06. The first-order chi connectivity index (χ1) is 14.2. The lowest BCUT2D eigenvalue weighted by atomic mass is 9.98. The molecule has 1 aromatic heterocycles. The smallest absolute Gasteiger partial charge is 0.410 e. The number of thiophene rings is 1. The molecule has 2 N–H and O–H groups in total. The van der Waals surface area contributed by atoms with Gasteiger partial charge in [-0.15, -0.1) is 11.3 Å². The Labute approximate surface area is 172 Å². The largest absolute Gasteiger partial charge is 0.450 e. The monoisotopic (exact) mass is 407 g/mol. The maximum absolute atomic E-state index is 13.0. The van der Waals surface area contributed by atoms with E-state index in [2.05, 4.69) is 28.8 Å². The molecule has 6 nitrogen and oxygen atoms in total. The van der Waals surface area contributed by atoms with E-state index >= 15 is 0 Å². The SMILES string of the molecule is CCOC(=O)N1CCc2c(sc3c2C(=O)N[C@H](c2cccc4ccccc24)N3)C1. The number of nitrogens with one attached hydrogen (secondary N) is 2. The number of fused-ring (bicyclic) bond motifs is 4. The number of carbonyl (C=O) groups is 2. The van der Waals surface area contributed by atoms with Crippen LogP contribution in [-0.4, -0.2) is 30.1 Å². The van der Waals surface area contributed by atoms with Crippen molar-refractivity contribution in [2.75, 3.05) is 18.5 Å². The van der Waals surface area contributed by atoms with Gasteiger partial charge in [0, 0.05) is 17.0 Å². The number of anilines is 1. The highest BCUT2D eigenvalue weighted by atomic mass is 32.1. The van der Waals surface area contributed by atoms with Gasteiger partial charge in [0.25, 0.3) is 5.91 Å². The molecule has 3 aromatic rings. The number of benzene rings is 2. The minimum absolute atomic E-state index is 0.0567. The van der Waals surface area contributed by atoms with Gasteiger partial charge in [-0.1, -0.05) is 42.5 Å². The zero-order valence-corrected chi connectivity index (χ0v) is 16.8. The normalized spacial score (nSPS) is 17.9. The van der Waals surface area contributed by atoms with Crippen molar-refractivity contribution >= 4 is 39.1 Å². The molecule has 2 aromatic carbocycles. The molecule has 0 fully saturated rings. The van der Waals surface area contributed by atoms with Crippen LogP contribution in [-0.2, 0) is 17.7 Å². The number of hydrogen-bond donors (Lipinski definition) is 2. The van der Waals surface area contributed by atoms with Crippen LogP contribution in [0.1, 0.15) is 39.5 Å². The predicted molar refractivity (Wildman–Crippen MR) is 113 cm³/mol. The third-order valence-electron chi connectivity index (χ3n) is 5.50. The van der Waals surface area contributed by atoms with E-state index < -0.39 is 0 Å². The summed E-state index contributed by atoms with van der Waals surface area (Å²) in [5, 5.41) is 9.77. The molecule has 0 aliphatic carbocycles. The molecule has 5 rings (SSSR count). The summed E-state index contributed by atoms with van der Waals surface area (Å²) in [6, 6.07) is 14.3. The number of hydrogen-bond acceptors (Lipinski definition) is 5. The molecule has 3 heterocycles. The zero-order chi connectivity index (χ0) is 20.0. The lowest BCUT2D eigenvalue weighted by Crippen LogP contribution is -2.39. The second-order valence-electron chi connectivity index (χ2n) is 7.20. The lowest BCUT2D eigenvalue weighted by molar-refractivity contribution is 0.0934. The molecule has 2 amide bonds. The van der Waals surface area contributed by atoms with Crippen molar-refractivity contribution in [3.63, 3.8) is 0 Å². The molecular weight excluding hydrogens is 386 g/mol. The maximum atomic E-state index is 13.0. The lowest BCUT2D eigenvalue weighted by Gasteiger charge is -2.28. The molecule has 0 saturated carbocycles. The Kier molecular flexibility index (Phi) is 4.39. The standard InChI is InChI=1S/C22H21N3O3S/c1-2-28-22(27)25-11-10-16-17(12-25)29-21-18(16)20(26)23-19(24-21)15-9-5-7-13-6-3-4-8-14(13)15/h3-9,19,24H,2,10-12H2,1H3,(H,23,26)/t19-/m0/s1. The van der Waals surface area contributed by atoms with Crippen LogP contribution in [0.25, 0.3) is 10.8 Å². The number of amides is 2. The maximum Gasteiger partial charge on any atom is 0.410 e. The van der Waals surface area contributed by atoms with Gasteiger partial charge < -0.3 is 20.3 Å². The van der Waals surface area contributed by atoms with Gasteiger partial charge in [0.05, 0.1) is 18.7 Å². The van der Waals surface area contributed by atoms with Gasteiger partial charge in [-0.05, 0) is 29.7 Å². The Morgan fingerprint density at radius 3 is 2.90 bits per heavy atom. The summed E-state index contributed by atoms with van der Waals surface area (Å²) < 4.78 is 5.13. The van der Waals surface area contributed by atoms with E-state index in [1.807, 2.05) is 24.3 Å². The fraction of sp³-hybridized carbons (Fsp3) is 0.273. The van der Waals surface area contributed by atoms with Crippen molar-refractivity contribution in [3.05, 3.63) is 64.0 Å². The summed E-state index contributed by atoms with van der Waals surface area (Å²) in [6.45, 7) is 3.22. The average molecular weight is 407 g/mol. The van der Waals surface area contributed by atoms with Crippen molar-refractivity contribution in [3.8, 4) is 0 Å². The van der Waals surface area contributed by atoms with Crippen LogP contribution in [0.5, 0.6) is 0 Å². The summed E-state index contributed by atoms with van der Waals surface area (Å²) >= 11 is 1.56. The van der Waals surface area contributed by atoms with E-state index in [1.165, 1.54) is 0 Å². The third kappa shape index (κ3) is 3.02. The fourth-order valence-electron chi connectivity index (χ4n) is 4.14. The molecule has 0 saturated heterocycles. The first-order valence-corrected chi connectivity index (χ1v) is 10.6. The van der Waals surface area contributed by atoms with Gasteiger partial charge in [-0.25, -0.2) is 4.79 Å². The van der Waals surface area contributed by atoms with Gasteiger partial charge >= 0.3 is 6.09 Å².